The van der Waals surface area contributed by atoms with E-state index in [1.54, 1.807) is 0 Å². The second-order valence-electron chi connectivity index (χ2n) is 6.20. The summed E-state index contributed by atoms with van der Waals surface area (Å²) in [5.74, 6) is 1.61. The molecule has 0 aliphatic carbocycles. The lowest BCUT2D eigenvalue weighted by Gasteiger charge is -2.28. The van der Waals surface area contributed by atoms with E-state index < -0.39 is 0 Å². The Balaban J connectivity index is 1.68. The van der Waals surface area contributed by atoms with Gasteiger partial charge in [0.2, 0.25) is 0 Å². The number of likely N-dealkylation sites (tertiary alicyclic amines) is 1. The largest absolute Gasteiger partial charge is 0.316 e. The van der Waals surface area contributed by atoms with Crippen LogP contribution in [0.15, 0.2) is 54.7 Å². The van der Waals surface area contributed by atoms with E-state index in [0.717, 1.165) is 17.5 Å². The molecule has 3 unspecified atom stereocenters. The van der Waals surface area contributed by atoms with E-state index in [9.17, 15) is 0 Å². The Morgan fingerprint density at radius 2 is 1.67 bits per heavy atom. The van der Waals surface area contributed by atoms with Gasteiger partial charge in [-0.05, 0) is 42.6 Å². The van der Waals surface area contributed by atoms with Gasteiger partial charge < -0.3 is 5.32 Å². The maximum Gasteiger partial charge on any atom is 0.0776 e. The minimum atomic E-state index is 0.290. The van der Waals surface area contributed by atoms with Crippen molar-refractivity contribution in [2.45, 2.75) is 6.04 Å². The number of rotatable bonds is 3. The van der Waals surface area contributed by atoms with Crippen LogP contribution in [0, 0.1) is 11.8 Å². The van der Waals surface area contributed by atoms with Gasteiger partial charge in [-0.1, -0.05) is 36.4 Å². The molecule has 0 bridgehead atoms. The molecule has 21 heavy (non-hydrogen) atoms. The second kappa shape index (κ2) is 5.58. The van der Waals surface area contributed by atoms with Crippen LogP contribution in [0.1, 0.15) is 17.3 Å². The first-order chi connectivity index (χ1) is 10.4. The Kier molecular flexibility index (Phi) is 3.45. The second-order valence-corrected chi connectivity index (χ2v) is 6.20. The first-order valence-corrected chi connectivity index (χ1v) is 7.82. The predicted octanol–water partition coefficient (Wildman–Crippen LogP) is 2.32. The van der Waals surface area contributed by atoms with E-state index >= 15 is 0 Å². The molecule has 108 valence electrons. The lowest BCUT2D eigenvalue weighted by Crippen LogP contribution is -2.31. The summed E-state index contributed by atoms with van der Waals surface area (Å²) in [7, 11) is 0. The lowest BCUT2D eigenvalue weighted by atomic mass is 10.0. The molecule has 2 aromatic rings. The van der Waals surface area contributed by atoms with Gasteiger partial charge in [-0.25, -0.2) is 0 Å². The number of nitrogens with zero attached hydrogens (tertiary/aromatic N) is 2. The number of hydrogen-bond acceptors (Lipinski definition) is 3. The molecule has 1 N–H and O–H groups in total. The molecule has 2 saturated heterocycles. The van der Waals surface area contributed by atoms with E-state index in [1.165, 1.54) is 31.7 Å². The van der Waals surface area contributed by atoms with Crippen LogP contribution < -0.4 is 5.32 Å². The lowest BCUT2D eigenvalue weighted by molar-refractivity contribution is 0.256. The minimum Gasteiger partial charge on any atom is -0.316 e. The highest BCUT2D eigenvalue weighted by Crippen LogP contribution is 2.35. The van der Waals surface area contributed by atoms with Gasteiger partial charge in [-0.2, -0.15) is 0 Å². The van der Waals surface area contributed by atoms with Crippen molar-refractivity contribution in [1.29, 1.82) is 0 Å². The van der Waals surface area contributed by atoms with Crippen molar-refractivity contribution < 1.29 is 0 Å². The average molecular weight is 279 g/mol. The monoisotopic (exact) mass is 279 g/mol. The van der Waals surface area contributed by atoms with Crippen molar-refractivity contribution in [1.82, 2.24) is 15.2 Å². The number of nitrogens with one attached hydrogen (secondary N) is 1. The standard InChI is InChI=1S/C18H21N3/c1-2-6-14(7-3-1)18(17-8-4-5-9-20-17)21-12-15-10-19-11-16(15)13-21/h1-9,15-16,18-19H,10-13H2. The molecule has 0 saturated carbocycles. The molecule has 2 aliphatic rings. The first kappa shape index (κ1) is 13.0. The van der Waals surface area contributed by atoms with Gasteiger partial charge in [-0.3, -0.25) is 9.88 Å². The summed E-state index contributed by atoms with van der Waals surface area (Å²) in [5, 5.41) is 3.52. The third-order valence-corrected chi connectivity index (χ3v) is 4.87. The predicted molar refractivity (Wildman–Crippen MR) is 83.9 cm³/mol. The zero-order valence-electron chi connectivity index (χ0n) is 12.2. The molecular formula is C18H21N3. The minimum absolute atomic E-state index is 0.290. The van der Waals surface area contributed by atoms with E-state index in [-0.39, 0.29) is 6.04 Å². The van der Waals surface area contributed by atoms with Gasteiger partial charge in [-0.15, -0.1) is 0 Å². The Labute approximate surface area is 126 Å². The van der Waals surface area contributed by atoms with Crippen molar-refractivity contribution >= 4 is 0 Å². The van der Waals surface area contributed by atoms with Crippen molar-refractivity contribution in [2.24, 2.45) is 11.8 Å². The quantitative estimate of drug-likeness (QED) is 0.934. The Morgan fingerprint density at radius 3 is 2.33 bits per heavy atom. The SMILES string of the molecule is c1ccc(C(c2ccccn2)N2CC3CNCC3C2)cc1. The number of fused-ring (bicyclic) bond motifs is 1. The highest BCUT2D eigenvalue weighted by molar-refractivity contribution is 5.28. The summed E-state index contributed by atoms with van der Waals surface area (Å²) in [4.78, 5) is 7.26. The van der Waals surface area contributed by atoms with Gasteiger partial charge in [0.05, 0.1) is 11.7 Å². The van der Waals surface area contributed by atoms with Crippen molar-refractivity contribution in [3.8, 4) is 0 Å². The maximum absolute atomic E-state index is 4.64. The molecule has 0 amide bonds. The summed E-state index contributed by atoms with van der Waals surface area (Å²) >= 11 is 0. The zero-order chi connectivity index (χ0) is 14.1. The highest BCUT2D eigenvalue weighted by Gasteiger charge is 2.39. The molecule has 0 spiro atoms. The van der Waals surface area contributed by atoms with Crippen molar-refractivity contribution in [2.75, 3.05) is 26.2 Å². The van der Waals surface area contributed by atoms with Gasteiger partial charge >= 0.3 is 0 Å². The third kappa shape index (κ3) is 2.47. The molecule has 1 aromatic carbocycles. The van der Waals surface area contributed by atoms with Crippen LogP contribution in [0.3, 0.4) is 0 Å². The van der Waals surface area contributed by atoms with Crippen LogP contribution in [0.25, 0.3) is 0 Å². The molecule has 1 aromatic heterocycles. The van der Waals surface area contributed by atoms with Crippen LogP contribution in [0.4, 0.5) is 0 Å². The molecular weight excluding hydrogens is 258 g/mol. The highest BCUT2D eigenvalue weighted by atomic mass is 15.2. The fourth-order valence-corrected chi connectivity index (χ4v) is 3.84. The van der Waals surface area contributed by atoms with Gasteiger partial charge in [0.1, 0.15) is 0 Å². The molecule has 3 heterocycles. The maximum atomic E-state index is 4.64. The van der Waals surface area contributed by atoms with Crippen molar-refractivity contribution in [3.05, 3.63) is 66.0 Å². The molecule has 3 atom stereocenters. The topological polar surface area (TPSA) is 28.2 Å². The molecule has 3 heteroatoms. The zero-order valence-corrected chi connectivity index (χ0v) is 12.2. The van der Waals surface area contributed by atoms with Crippen LogP contribution in [0.5, 0.6) is 0 Å². The summed E-state index contributed by atoms with van der Waals surface area (Å²) in [6.07, 6.45) is 1.91. The fourth-order valence-electron chi connectivity index (χ4n) is 3.84. The van der Waals surface area contributed by atoms with E-state index in [1.807, 2.05) is 12.3 Å². The van der Waals surface area contributed by atoms with Crippen LogP contribution >= 0.6 is 0 Å². The molecule has 0 radical (unpaired) electrons. The van der Waals surface area contributed by atoms with Crippen LogP contribution in [-0.2, 0) is 0 Å². The Morgan fingerprint density at radius 1 is 0.952 bits per heavy atom. The smallest absolute Gasteiger partial charge is 0.0776 e. The van der Waals surface area contributed by atoms with E-state index in [0.29, 0.717) is 0 Å². The summed E-state index contributed by atoms with van der Waals surface area (Å²) < 4.78 is 0. The number of pyridine rings is 1. The van der Waals surface area contributed by atoms with Gasteiger partial charge in [0.25, 0.3) is 0 Å². The molecule has 2 aliphatic heterocycles. The first-order valence-electron chi connectivity index (χ1n) is 7.82. The molecule has 2 fully saturated rings. The van der Waals surface area contributed by atoms with Crippen LogP contribution in [-0.4, -0.2) is 36.1 Å². The van der Waals surface area contributed by atoms with Crippen LogP contribution in [0.2, 0.25) is 0 Å². The Hall–Kier alpha value is -1.71. The van der Waals surface area contributed by atoms with E-state index in [4.69, 9.17) is 0 Å². The molecule has 3 nitrogen and oxygen atoms in total. The average Bonchev–Trinajstić information content (AvgIpc) is 3.11. The molecule has 4 rings (SSSR count). The summed E-state index contributed by atoms with van der Waals surface area (Å²) in [6.45, 7) is 4.69. The summed E-state index contributed by atoms with van der Waals surface area (Å²) in [5.41, 5.74) is 2.51. The third-order valence-electron chi connectivity index (χ3n) is 4.87. The number of hydrogen-bond donors (Lipinski definition) is 1. The fraction of sp³-hybridized carbons (Fsp3) is 0.389. The normalized spacial score (nSPS) is 26.7. The van der Waals surface area contributed by atoms with E-state index in [2.05, 4.69) is 57.7 Å². The van der Waals surface area contributed by atoms with Gasteiger partial charge in [0, 0.05) is 19.3 Å². The van der Waals surface area contributed by atoms with Crippen molar-refractivity contribution in [3.63, 3.8) is 0 Å². The summed E-state index contributed by atoms with van der Waals surface area (Å²) in [6, 6.07) is 17.3. The number of benzene rings is 1. The Bertz CT molecular complexity index is 532. The number of aromatic nitrogens is 1. The van der Waals surface area contributed by atoms with Gasteiger partial charge in [0.15, 0.2) is 0 Å².